The normalized spacial score (nSPS) is 10.7. The molecule has 1 N–H and O–H groups in total. The lowest BCUT2D eigenvalue weighted by Gasteiger charge is -2.07. The van der Waals surface area contributed by atoms with Gasteiger partial charge in [-0.25, -0.2) is 4.98 Å². The molecule has 4 heteroatoms. The number of hydrogen-bond acceptors (Lipinski definition) is 3. The summed E-state index contributed by atoms with van der Waals surface area (Å²) < 4.78 is 2.14. The fourth-order valence-corrected chi connectivity index (χ4v) is 1.80. The van der Waals surface area contributed by atoms with Gasteiger partial charge in [-0.05, 0) is 26.0 Å². The highest BCUT2D eigenvalue weighted by Gasteiger charge is 2.00. The molecule has 2 heterocycles. The molecule has 0 aliphatic carbocycles. The number of hydrogen-bond donors (Lipinski definition) is 1. The van der Waals surface area contributed by atoms with Crippen LogP contribution in [0.4, 0.5) is 0 Å². The van der Waals surface area contributed by atoms with Crippen molar-refractivity contribution >= 4 is 0 Å². The van der Waals surface area contributed by atoms with E-state index in [9.17, 15) is 0 Å². The average Bonchev–Trinajstić information content (AvgIpc) is 2.77. The molecule has 0 bridgehead atoms. The highest BCUT2D eigenvalue weighted by Crippen LogP contribution is 2.01. The summed E-state index contributed by atoms with van der Waals surface area (Å²) in [6.07, 6.45) is 3.77. The Balaban J connectivity index is 1.87. The molecule has 0 amide bonds. The molecule has 0 aliphatic rings. The lowest BCUT2D eigenvalue weighted by molar-refractivity contribution is 0.621. The Bertz CT molecular complexity index is 476. The molecule has 4 nitrogen and oxygen atoms in total. The molecule has 0 aromatic carbocycles. The Morgan fingerprint density at radius 1 is 1.29 bits per heavy atom. The van der Waals surface area contributed by atoms with Crippen molar-refractivity contribution in [1.82, 2.24) is 19.9 Å². The number of rotatable bonds is 5. The van der Waals surface area contributed by atoms with Crippen LogP contribution in [0.1, 0.15) is 24.0 Å². The second-order valence-corrected chi connectivity index (χ2v) is 4.04. The summed E-state index contributed by atoms with van der Waals surface area (Å²) in [6.45, 7) is 6.70. The summed E-state index contributed by atoms with van der Waals surface area (Å²) in [6, 6.07) is 6.09. The highest BCUT2D eigenvalue weighted by molar-refractivity contribution is 5.09. The Morgan fingerprint density at radius 3 is 2.94 bits per heavy atom. The Morgan fingerprint density at radius 2 is 2.18 bits per heavy atom. The third kappa shape index (κ3) is 3.14. The minimum Gasteiger partial charge on any atom is -0.334 e. The maximum absolute atomic E-state index is 4.45. The summed E-state index contributed by atoms with van der Waals surface area (Å²) in [5.41, 5.74) is 3.34. The fourth-order valence-electron chi connectivity index (χ4n) is 1.80. The number of pyridine rings is 1. The van der Waals surface area contributed by atoms with E-state index in [2.05, 4.69) is 26.8 Å². The van der Waals surface area contributed by atoms with Gasteiger partial charge in [-0.15, -0.1) is 0 Å². The molecule has 0 saturated carbocycles. The van der Waals surface area contributed by atoms with Gasteiger partial charge in [-0.3, -0.25) is 4.98 Å². The summed E-state index contributed by atoms with van der Waals surface area (Å²) in [5, 5.41) is 3.38. The van der Waals surface area contributed by atoms with Crippen molar-refractivity contribution < 1.29 is 0 Å². The van der Waals surface area contributed by atoms with E-state index < -0.39 is 0 Å². The number of nitrogens with one attached hydrogen (secondary N) is 1. The van der Waals surface area contributed by atoms with E-state index in [0.717, 1.165) is 31.0 Å². The SMILES string of the molecule is CCn1cncc1CNCc1cccc(C)n1. The van der Waals surface area contributed by atoms with Gasteiger partial charge in [0, 0.05) is 31.5 Å². The second-order valence-electron chi connectivity index (χ2n) is 4.04. The predicted octanol–water partition coefficient (Wildman–Crippen LogP) is 1.90. The van der Waals surface area contributed by atoms with Crippen LogP contribution in [0.5, 0.6) is 0 Å². The molecule has 0 spiro atoms. The van der Waals surface area contributed by atoms with Crippen LogP contribution >= 0.6 is 0 Å². The van der Waals surface area contributed by atoms with Crippen molar-refractivity contribution in [2.24, 2.45) is 0 Å². The van der Waals surface area contributed by atoms with Crippen LogP contribution in [0.2, 0.25) is 0 Å². The summed E-state index contributed by atoms with van der Waals surface area (Å²) in [7, 11) is 0. The first-order valence-electron chi connectivity index (χ1n) is 5.92. The first-order valence-corrected chi connectivity index (χ1v) is 5.92. The fraction of sp³-hybridized carbons (Fsp3) is 0.385. The van der Waals surface area contributed by atoms with Gasteiger partial charge in [0.05, 0.1) is 17.7 Å². The van der Waals surface area contributed by atoms with Gasteiger partial charge in [0.1, 0.15) is 0 Å². The van der Waals surface area contributed by atoms with E-state index in [1.54, 1.807) is 0 Å². The molecular formula is C13H18N4. The summed E-state index contributed by atoms with van der Waals surface area (Å²) in [5.74, 6) is 0. The molecule has 17 heavy (non-hydrogen) atoms. The van der Waals surface area contributed by atoms with E-state index in [1.165, 1.54) is 5.69 Å². The van der Waals surface area contributed by atoms with Gasteiger partial charge in [0.25, 0.3) is 0 Å². The van der Waals surface area contributed by atoms with Crippen LogP contribution in [0.15, 0.2) is 30.7 Å². The molecule has 0 fully saturated rings. The van der Waals surface area contributed by atoms with Gasteiger partial charge in [0.15, 0.2) is 0 Å². The maximum Gasteiger partial charge on any atom is 0.0948 e. The van der Waals surface area contributed by atoms with Crippen LogP contribution in [0, 0.1) is 6.92 Å². The smallest absolute Gasteiger partial charge is 0.0948 e. The number of imidazole rings is 1. The summed E-state index contributed by atoms with van der Waals surface area (Å²) in [4.78, 5) is 8.59. The topological polar surface area (TPSA) is 42.7 Å². The zero-order valence-corrected chi connectivity index (χ0v) is 10.3. The average molecular weight is 230 g/mol. The van der Waals surface area contributed by atoms with Crippen LogP contribution in [-0.4, -0.2) is 14.5 Å². The standard InChI is InChI=1S/C13H18N4/c1-3-17-10-15-9-13(17)8-14-7-12-6-4-5-11(2)16-12/h4-6,9-10,14H,3,7-8H2,1-2H3. The van der Waals surface area contributed by atoms with Crippen LogP contribution in [0.3, 0.4) is 0 Å². The molecule has 2 aromatic rings. The van der Waals surface area contributed by atoms with Crippen molar-refractivity contribution in [3.05, 3.63) is 47.8 Å². The maximum atomic E-state index is 4.45. The highest BCUT2D eigenvalue weighted by atomic mass is 15.1. The second kappa shape index (κ2) is 5.59. The van der Waals surface area contributed by atoms with Gasteiger partial charge in [0.2, 0.25) is 0 Å². The third-order valence-corrected chi connectivity index (χ3v) is 2.70. The van der Waals surface area contributed by atoms with E-state index in [1.807, 2.05) is 37.6 Å². The van der Waals surface area contributed by atoms with Crippen molar-refractivity contribution in [1.29, 1.82) is 0 Å². The zero-order valence-electron chi connectivity index (χ0n) is 10.3. The molecule has 2 aromatic heterocycles. The van der Waals surface area contributed by atoms with E-state index >= 15 is 0 Å². The molecule has 0 unspecified atom stereocenters. The molecule has 0 radical (unpaired) electrons. The van der Waals surface area contributed by atoms with Crippen molar-refractivity contribution in [2.75, 3.05) is 0 Å². The first kappa shape index (κ1) is 11.8. The van der Waals surface area contributed by atoms with Crippen molar-refractivity contribution in [3.8, 4) is 0 Å². The van der Waals surface area contributed by atoms with E-state index in [-0.39, 0.29) is 0 Å². The number of aromatic nitrogens is 3. The van der Waals surface area contributed by atoms with Crippen LogP contribution in [0.25, 0.3) is 0 Å². The Labute approximate surface area is 102 Å². The van der Waals surface area contributed by atoms with E-state index in [4.69, 9.17) is 0 Å². The minimum atomic E-state index is 0.788. The van der Waals surface area contributed by atoms with Gasteiger partial charge < -0.3 is 9.88 Å². The summed E-state index contributed by atoms with van der Waals surface area (Å²) >= 11 is 0. The van der Waals surface area contributed by atoms with Crippen molar-refractivity contribution in [2.45, 2.75) is 33.5 Å². The third-order valence-electron chi connectivity index (χ3n) is 2.70. The molecule has 2 rings (SSSR count). The van der Waals surface area contributed by atoms with Gasteiger partial charge >= 0.3 is 0 Å². The zero-order chi connectivity index (χ0) is 12.1. The molecular weight excluding hydrogens is 212 g/mol. The van der Waals surface area contributed by atoms with Crippen molar-refractivity contribution in [3.63, 3.8) is 0 Å². The lowest BCUT2D eigenvalue weighted by Crippen LogP contribution is -2.16. The Kier molecular flexibility index (Phi) is 3.88. The lowest BCUT2D eigenvalue weighted by atomic mass is 10.3. The quantitative estimate of drug-likeness (QED) is 0.853. The van der Waals surface area contributed by atoms with E-state index in [0.29, 0.717) is 0 Å². The Hall–Kier alpha value is -1.68. The molecule has 0 atom stereocenters. The first-order chi connectivity index (χ1) is 8.29. The van der Waals surface area contributed by atoms with Gasteiger partial charge in [-0.1, -0.05) is 6.07 Å². The molecule has 0 saturated heterocycles. The largest absolute Gasteiger partial charge is 0.334 e. The predicted molar refractivity (Wildman–Crippen MR) is 67.4 cm³/mol. The van der Waals surface area contributed by atoms with Crippen LogP contribution in [-0.2, 0) is 19.6 Å². The molecule has 0 aliphatic heterocycles. The molecule has 90 valence electrons. The number of nitrogens with zero attached hydrogens (tertiary/aromatic N) is 3. The van der Waals surface area contributed by atoms with Gasteiger partial charge in [-0.2, -0.15) is 0 Å². The number of aryl methyl sites for hydroxylation is 2. The van der Waals surface area contributed by atoms with Crippen LogP contribution < -0.4 is 5.32 Å². The monoisotopic (exact) mass is 230 g/mol. The minimum absolute atomic E-state index is 0.788.